The van der Waals surface area contributed by atoms with Crippen molar-refractivity contribution in [1.82, 2.24) is 9.55 Å². The number of imidazole rings is 1. The largest absolute Gasteiger partial charge is 0.308 e. The maximum Gasteiger partial charge on any atom is 0.174 e. The van der Waals surface area contributed by atoms with Crippen molar-refractivity contribution in [3.8, 4) is 0 Å². The number of rotatable bonds is 0. The fourth-order valence-electron chi connectivity index (χ4n) is 1.14. The van der Waals surface area contributed by atoms with Gasteiger partial charge in [0.1, 0.15) is 6.54 Å². The Hall–Kier alpha value is -1.36. The van der Waals surface area contributed by atoms with E-state index in [2.05, 4.69) is 4.98 Å². The number of carbonyl (C=O) groups is 1. The molecule has 1 aromatic heterocycles. The van der Waals surface area contributed by atoms with Gasteiger partial charge in [-0.1, -0.05) is 0 Å². The summed E-state index contributed by atoms with van der Waals surface area (Å²) in [5.74, 6) is 0.558. The van der Waals surface area contributed by atoms with Gasteiger partial charge in [0.25, 0.3) is 0 Å². The van der Waals surface area contributed by atoms with Gasteiger partial charge in [-0.15, -0.1) is 0 Å². The highest BCUT2D eigenvalue weighted by molar-refractivity contribution is 5.84. The molecular weight excluding hydrogens is 146 g/mol. The van der Waals surface area contributed by atoms with E-state index in [4.69, 9.17) is 0 Å². The van der Waals surface area contributed by atoms with Crippen LogP contribution < -0.4 is 5.06 Å². The van der Waals surface area contributed by atoms with Gasteiger partial charge in [0, 0.05) is 0 Å². The summed E-state index contributed by atoms with van der Waals surface area (Å²) in [5, 5.41) is 10.1. The summed E-state index contributed by atoms with van der Waals surface area (Å²) in [4.78, 5) is 14.7. The third-order valence-electron chi connectivity index (χ3n) is 1.63. The first kappa shape index (κ1) is 6.36. The second kappa shape index (κ2) is 2.06. The van der Waals surface area contributed by atoms with Crippen molar-refractivity contribution < 1.29 is 10.0 Å². The normalized spacial score (nSPS) is 16.8. The van der Waals surface area contributed by atoms with Gasteiger partial charge in [0.05, 0.1) is 19.1 Å². The molecule has 1 aliphatic heterocycles. The fourth-order valence-corrected chi connectivity index (χ4v) is 1.14. The Morgan fingerprint density at radius 3 is 3.18 bits per heavy atom. The third-order valence-corrected chi connectivity index (χ3v) is 1.63. The maximum atomic E-state index is 10.9. The molecule has 0 aromatic carbocycles. The van der Waals surface area contributed by atoms with Gasteiger partial charge < -0.3 is 4.57 Å². The van der Waals surface area contributed by atoms with Gasteiger partial charge in [-0.05, 0) is 0 Å². The zero-order valence-corrected chi connectivity index (χ0v) is 5.77. The van der Waals surface area contributed by atoms with Crippen LogP contribution in [0.25, 0.3) is 0 Å². The number of hydroxylamine groups is 1. The first-order chi connectivity index (χ1) is 5.27. The Morgan fingerprint density at radius 1 is 1.55 bits per heavy atom. The van der Waals surface area contributed by atoms with Crippen LogP contribution in [-0.4, -0.2) is 27.1 Å². The molecule has 1 aromatic rings. The highest BCUT2D eigenvalue weighted by Crippen LogP contribution is 2.15. The van der Waals surface area contributed by atoms with Gasteiger partial charge in [-0.25, -0.2) is 10.0 Å². The molecule has 0 amide bonds. The molecule has 5 heteroatoms. The molecule has 0 saturated heterocycles. The zero-order chi connectivity index (χ0) is 7.84. The SMILES string of the molecule is O=C1CN(O)c2cncn2C1. The minimum atomic E-state index is -0.0157. The molecule has 2 heterocycles. The van der Waals surface area contributed by atoms with Crippen LogP contribution in [0.4, 0.5) is 5.82 Å². The number of Topliss-reactive ketones (excluding diaryl/α,β-unsaturated/α-hetero) is 1. The van der Waals surface area contributed by atoms with E-state index in [-0.39, 0.29) is 12.3 Å². The molecule has 0 bridgehead atoms. The third kappa shape index (κ3) is 0.894. The molecule has 0 atom stereocenters. The Kier molecular flexibility index (Phi) is 1.19. The second-order valence-corrected chi connectivity index (χ2v) is 2.48. The van der Waals surface area contributed by atoms with Crippen LogP contribution in [0.1, 0.15) is 0 Å². The standard InChI is InChI=1S/C6H7N3O2/c10-5-2-8-4-7-1-6(8)9(11)3-5/h1,4,11H,2-3H2. The monoisotopic (exact) mass is 153 g/mol. The molecule has 0 fully saturated rings. The van der Waals surface area contributed by atoms with Crippen molar-refractivity contribution in [2.45, 2.75) is 6.54 Å². The molecule has 0 aliphatic carbocycles. The molecular formula is C6H7N3O2. The molecule has 2 rings (SSSR count). The number of nitrogens with zero attached hydrogens (tertiary/aromatic N) is 3. The van der Waals surface area contributed by atoms with Crippen LogP contribution >= 0.6 is 0 Å². The van der Waals surface area contributed by atoms with E-state index in [1.54, 1.807) is 4.57 Å². The fraction of sp³-hybridized carbons (Fsp3) is 0.333. The van der Waals surface area contributed by atoms with Gasteiger partial charge in [0.2, 0.25) is 0 Å². The number of hydrogen-bond acceptors (Lipinski definition) is 4. The van der Waals surface area contributed by atoms with Crippen molar-refractivity contribution in [1.29, 1.82) is 0 Å². The van der Waals surface area contributed by atoms with Crippen LogP contribution in [0.2, 0.25) is 0 Å². The van der Waals surface area contributed by atoms with E-state index in [1.807, 2.05) is 0 Å². The lowest BCUT2D eigenvalue weighted by Gasteiger charge is -2.21. The number of aromatic nitrogens is 2. The number of carbonyl (C=O) groups excluding carboxylic acids is 1. The Bertz CT molecular complexity index is 294. The zero-order valence-electron chi connectivity index (χ0n) is 5.77. The van der Waals surface area contributed by atoms with E-state index in [0.717, 1.165) is 5.06 Å². The number of hydrogen-bond donors (Lipinski definition) is 1. The van der Waals surface area contributed by atoms with E-state index in [1.165, 1.54) is 12.5 Å². The number of fused-ring (bicyclic) bond motifs is 1. The molecule has 0 spiro atoms. The summed E-state index contributed by atoms with van der Waals surface area (Å²) in [6, 6.07) is 0. The Balaban J connectivity index is 2.43. The molecule has 0 saturated carbocycles. The molecule has 58 valence electrons. The average molecular weight is 153 g/mol. The summed E-state index contributed by atoms with van der Waals surface area (Å²) in [7, 11) is 0. The smallest absolute Gasteiger partial charge is 0.174 e. The van der Waals surface area contributed by atoms with E-state index < -0.39 is 0 Å². The highest BCUT2D eigenvalue weighted by Gasteiger charge is 2.20. The predicted molar refractivity (Wildman–Crippen MR) is 36.4 cm³/mol. The molecule has 0 radical (unpaired) electrons. The predicted octanol–water partition coefficient (Wildman–Crippen LogP) is -0.339. The quantitative estimate of drug-likeness (QED) is 0.554. The van der Waals surface area contributed by atoms with Crippen LogP contribution in [0, 0.1) is 0 Å². The van der Waals surface area contributed by atoms with E-state index in [9.17, 15) is 10.0 Å². The molecule has 5 nitrogen and oxygen atoms in total. The number of ketones is 1. The van der Waals surface area contributed by atoms with E-state index in [0.29, 0.717) is 12.4 Å². The van der Waals surface area contributed by atoms with Gasteiger partial charge in [-0.2, -0.15) is 0 Å². The van der Waals surface area contributed by atoms with Gasteiger partial charge in [0.15, 0.2) is 11.6 Å². The summed E-state index contributed by atoms with van der Waals surface area (Å²) >= 11 is 0. The lowest BCUT2D eigenvalue weighted by molar-refractivity contribution is -0.119. The summed E-state index contributed by atoms with van der Waals surface area (Å²) in [6.45, 7) is 0.373. The van der Waals surface area contributed by atoms with Crippen LogP contribution in [-0.2, 0) is 11.3 Å². The van der Waals surface area contributed by atoms with Gasteiger partial charge in [-0.3, -0.25) is 10.0 Å². The first-order valence-electron chi connectivity index (χ1n) is 3.25. The van der Waals surface area contributed by atoms with Crippen molar-refractivity contribution >= 4 is 11.6 Å². The first-order valence-corrected chi connectivity index (χ1v) is 3.25. The molecule has 11 heavy (non-hydrogen) atoms. The summed E-state index contributed by atoms with van der Waals surface area (Å²) in [6.07, 6.45) is 3.04. The second-order valence-electron chi connectivity index (χ2n) is 2.48. The Morgan fingerprint density at radius 2 is 2.36 bits per heavy atom. The van der Waals surface area contributed by atoms with Crippen molar-refractivity contribution in [3.63, 3.8) is 0 Å². The number of anilines is 1. The van der Waals surface area contributed by atoms with Crippen molar-refractivity contribution in [2.75, 3.05) is 11.6 Å². The van der Waals surface area contributed by atoms with Crippen molar-refractivity contribution in [2.24, 2.45) is 0 Å². The van der Waals surface area contributed by atoms with Crippen LogP contribution in [0.3, 0.4) is 0 Å². The summed E-state index contributed by atoms with van der Waals surface area (Å²) < 4.78 is 1.60. The topological polar surface area (TPSA) is 58.4 Å². The minimum absolute atomic E-state index is 0.0157. The molecule has 0 unspecified atom stereocenters. The summed E-state index contributed by atoms with van der Waals surface area (Å²) in [5.41, 5.74) is 0. The van der Waals surface area contributed by atoms with Crippen molar-refractivity contribution in [3.05, 3.63) is 12.5 Å². The Labute approximate surface area is 62.8 Å². The molecule has 1 N–H and O–H groups in total. The average Bonchev–Trinajstić information content (AvgIpc) is 2.34. The minimum Gasteiger partial charge on any atom is -0.308 e. The highest BCUT2D eigenvalue weighted by atomic mass is 16.5. The van der Waals surface area contributed by atoms with E-state index >= 15 is 0 Å². The lowest BCUT2D eigenvalue weighted by Crippen LogP contribution is -2.35. The molecule has 1 aliphatic rings. The van der Waals surface area contributed by atoms with Crippen LogP contribution in [0.15, 0.2) is 12.5 Å². The maximum absolute atomic E-state index is 10.9. The van der Waals surface area contributed by atoms with Crippen LogP contribution in [0.5, 0.6) is 0 Å². The lowest BCUT2D eigenvalue weighted by atomic mass is 10.3. The van der Waals surface area contributed by atoms with Gasteiger partial charge >= 0.3 is 0 Å².